The fourth-order valence-electron chi connectivity index (χ4n) is 2.50. The smallest absolute Gasteiger partial charge is 0.254 e. The van der Waals surface area contributed by atoms with Gasteiger partial charge in [-0.05, 0) is 43.9 Å². The highest BCUT2D eigenvalue weighted by Crippen LogP contribution is 2.34. The number of rotatable bonds is 2. The maximum atomic E-state index is 13.1. The van der Waals surface area contributed by atoms with Gasteiger partial charge in [0, 0.05) is 12.6 Å². The molecular formula is C14H14F2N2O. The quantitative estimate of drug-likeness (QED) is 0.824. The summed E-state index contributed by atoms with van der Waals surface area (Å²) in [6.07, 6.45) is 3.02. The maximum Gasteiger partial charge on any atom is 0.254 e. The van der Waals surface area contributed by atoms with E-state index in [4.69, 9.17) is 0 Å². The zero-order valence-corrected chi connectivity index (χ0v) is 10.6. The van der Waals surface area contributed by atoms with Crippen LogP contribution in [0.15, 0.2) is 18.2 Å². The maximum absolute atomic E-state index is 13.1. The van der Waals surface area contributed by atoms with Crippen molar-refractivity contribution in [2.24, 2.45) is 0 Å². The van der Waals surface area contributed by atoms with Gasteiger partial charge in [0.05, 0.1) is 6.07 Å². The summed E-state index contributed by atoms with van der Waals surface area (Å²) in [6, 6.07) is 5.21. The Morgan fingerprint density at radius 3 is 2.47 bits per heavy atom. The number of hydrogen-bond donors (Lipinski definition) is 0. The van der Waals surface area contributed by atoms with Gasteiger partial charge in [0.1, 0.15) is 5.54 Å². The van der Waals surface area contributed by atoms with Crippen LogP contribution in [-0.4, -0.2) is 23.4 Å². The molecule has 1 aromatic carbocycles. The fourth-order valence-corrected chi connectivity index (χ4v) is 2.50. The van der Waals surface area contributed by atoms with Crippen LogP contribution in [0.25, 0.3) is 0 Å². The number of halogens is 2. The van der Waals surface area contributed by atoms with E-state index in [2.05, 4.69) is 6.07 Å². The van der Waals surface area contributed by atoms with Gasteiger partial charge < -0.3 is 4.90 Å². The van der Waals surface area contributed by atoms with Gasteiger partial charge in [-0.2, -0.15) is 5.26 Å². The Bertz CT molecular complexity index is 545. The highest BCUT2D eigenvalue weighted by molar-refractivity contribution is 5.94. The third-order valence-electron chi connectivity index (χ3n) is 3.75. The molecule has 0 radical (unpaired) electrons. The summed E-state index contributed by atoms with van der Waals surface area (Å²) in [5.41, 5.74) is -0.759. The molecule has 0 heterocycles. The molecule has 0 bridgehead atoms. The Hall–Kier alpha value is -1.96. The monoisotopic (exact) mass is 264 g/mol. The molecular weight excluding hydrogens is 250 g/mol. The van der Waals surface area contributed by atoms with Crippen molar-refractivity contribution in [2.75, 3.05) is 7.05 Å². The molecule has 0 saturated heterocycles. The average molecular weight is 264 g/mol. The topological polar surface area (TPSA) is 44.1 Å². The summed E-state index contributed by atoms with van der Waals surface area (Å²) < 4.78 is 26.0. The summed E-state index contributed by atoms with van der Waals surface area (Å²) in [5, 5.41) is 9.30. The summed E-state index contributed by atoms with van der Waals surface area (Å²) in [4.78, 5) is 13.6. The molecule has 1 amide bonds. The summed E-state index contributed by atoms with van der Waals surface area (Å²) in [7, 11) is 1.54. The van der Waals surface area contributed by atoms with Crippen molar-refractivity contribution in [1.29, 1.82) is 5.26 Å². The van der Waals surface area contributed by atoms with Gasteiger partial charge in [-0.25, -0.2) is 8.78 Å². The van der Waals surface area contributed by atoms with E-state index in [9.17, 15) is 18.8 Å². The molecule has 1 fully saturated rings. The van der Waals surface area contributed by atoms with E-state index in [0.29, 0.717) is 12.8 Å². The number of carbonyl (C=O) groups is 1. The normalized spacial score (nSPS) is 16.9. The van der Waals surface area contributed by atoms with Crippen molar-refractivity contribution < 1.29 is 13.6 Å². The molecule has 100 valence electrons. The molecule has 0 N–H and O–H groups in total. The summed E-state index contributed by atoms with van der Waals surface area (Å²) >= 11 is 0. The lowest BCUT2D eigenvalue weighted by Crippen LogP contribution is -2.46. The third-order valence-corrected chi connectivity index (χ3v) is 3.75. The van der Waals surface area contributed by atoms with Crippen molar-refractivity contribution in [3.63, 3.8) is 0 Å². The first kappa shape index (κ1) is 13.5. The van der Waals surface area contributed by atoms with Crippen LogP contribution >= 0.6 is 0 Å². The Kier molecular flexibility index (Phi) is 3.52. The van der Waals surface area contributed by atoms with E-state index in [1.807, 2.05) is 0 Å². The average Bonchev–Trinajstić information content (AvgIpc) is 2.90. The molecule has 0 aliphatic heterocycles. The predicted octanol–water partition coefficient (Wildman–Crippen LogP) is 2.87. The standard InChI is InChI=1S/C14H14F2N2O/c1-18(14(9-17)6-2-3-7-14)13(19)10-4-5-11(15)12(16)8-10/h4-5,8H,2-3,6-7H2,1H3. The fraction of sp³-hybridized carbons (Fsp3) is 0.429. The lowest BCUT2D eigenvalue weighted by Gasteiger charge is -2.32. The molecule has 0 spiro atoms. The van der Waals surface area contributed by atoms with Crippen molar-refractivity contribution in [1.82, 2.24) is 4.90 Å². The molecule has 0 unspecified atom stereocenters. The molecule has 5 heteroatoms. The Labute approximate surface area is 110 Å². The van der Waals surface area contributed by atoms with Gasteiger partial charge in [-0.1, -0.05) is 0 Å². The highest BCUT2D eigenvalue weighted by atomic mass is 19.2. The molecule has 19 heavy (non-hydrogen) atoms. The predicted molar refractivity (Wildman–Crippen MR) is 65.3 cm³/mol. The molecule has 1 aromatic rings. The largest absolute Gasteiger partial charge is 0.323 e. The SMILES string of the molecule is CN(C(=O)c1ccc(F)c(F)c1)C1(C#N)CCCC1. The van der Waals surface area contributed by atoms with Crippen LogP contribution < -0.4 is 0 Å². The van der Waals surface area contributed by atoms with Crippen molar-refractivity contribution in [3.8, 4) is 6.07 Å². The number of amides is 1. The molecule has 0 aromatic heterocycles. The minimum atomic E-state index is -1.06. The van der Waals surface area contributed by atoms with E-state index >= 15 is 0 Å². The zero-order chi connectivity index (χ0) is 14.0. The van der Waals surface area contributed by atoms with Crippen molar-refractivity contribution >= 4 is 5.91 Å². The lowest BCUT2D eigenvalue weighted by molar-refractivity contribution is 0.0662. The van der Waals surface area contributed by atoms with Gasteiger partial charge in [0.2, 0.25) is 0 Å². The van der Waals surface area contributed by atoms with Crippen LogP contribution in [0.3, 0.4) is 0 Å². The van der Waals surface area contributed by atoms with Crippen LogP contribution in [-0.2, 0) is 0 Å². The van der Waals surface area contributed by atoms with Crippen LogP contribution in [0.4, 0.5) is 8.78 Å². The highest BCUT2D eigenvalue weighted by Gasteiger charge is 2.40. The number of carbonyl (C=O) groups excluding carboxylic acids is 1. The van der Waals surface area contributed by atoms with Crippen LogP contribution in [0.1, 0.15) is 36.0 Å². The number of nitriles is 1. The Balaban J connectivity index is 2.28. The van der Waals surface area contributed by atoms with Gasteiger partial charge in [-0.15, -0.1) is 0 Å². The van der Waals surface area contributed by atoms with Crippen molar-refractivity contribution in [3.05, 3.63) is 35.4 Å². The summed E-state index contributed by atoms with van der Waals surface area (Å²) in [5.74, 6) is -2.51. The van der Waals surface area contributed by atoms with Crippen LogP contribution in [0.2, 0.25) is 0 Å². The molecule has 0 atom stereocenters. The molecule has 3 nitrogen and oxygen atoms in total. The van der Waals surface area contributed by atoms with Crippen molar-refractivity contribution in [2.45, 2.75) is 31.2 Å². The van der Waals surface area contributed by atoms with E-state index in [1.54, 1.807) is 0 Å². The molecule has 1 aliphatic rings. The van der Waals surface area contributed by atoms with E-state index in [-0.39, 0.29) is 5.56 Å². The second-order valence-corrected chi connectivity index (χ2v) is 4.84. The molecule has 1 aliphatic carbocycles. The summed E-state index contributed by atoms with van der Waals surface area (Å²) in [6.45, 7) is 0. The first-order valence-corrected chi connectivity index (χ1v) is 6.15. The second-order valence-electron chi connectivity index (χ2n) is 4.84. The van der Waals surface area contributed by atoms with Crippen LogP contribution in [0, 0.1) is 23.0 Å². The molecule has 1 saturated carbocycles. The molecule has 2 rings (SSSR count). The lowest BCUT2D eigenvalue weighted by atomic mass is 9.96. The third kappa shape index (κ3) is 2.30. The number of hydrogen-bond acceptors (Lipinski definition) is 2. The van der Waals surface area contributed by atoms with Gasteiger partial charge in [-0.3, -0.25) is 4.79 Å². The first-order valence-electron chi connectivity index (χ1n) is 6.15. The number of nitrogens with zero attached hydrogens (tertiary/aromatic N) is 2. The van der Waals surface area contributed by atoms with E-state index in [0.717, 1.165) is 25.0 Å². The Morgan fingerprint density at radius 2 is 1.95 bits per heavy atom. The first-order chi connectivity index (χ1) is 9.00. The van der Waals surface area contributed by atoms with Gasteiger partial charge >= 0.3 is 0 Å². The van der Waals surface area contributed by atoms with E-state index in [1.165, 1.54) is 18.0 Å². The zero-order valence-electron chi connectivity index (χ0n) is 10.6. The van der Waals surface area contributed by atoms with Crippen LogP contribution in [0.5, 0.6) is 0 Å². The van der Waals surface area contributed by atoms with Gasteiger partial charge in [0.25, 0.3) is 5.91 Å². The Morgan fingerprint density at radius 1 is 1.32 bits per heavy atom. The van der Waals surface area contributed by atoms with E-state index < -0.39 is 23.1 Å². The number of benzene rings is 1. The minimum absolute atomic E-state index is 0.0583. The second kappa shape index (κ2) is 4.96. The minimum Gasteiger partial charge on any atom is -0.323 e. The van der Waals surface area contributed by atoms with Gasteiger partial charge in [0.15, 0.2) is 11.6 Å².